The number of hydrogen-bond acceptors (Lipinski definition) is 2. The van der Waals surface area contributed by atoms with Crippen LogP contribution in [0.15, 0.2) is 28.7 Å². The first kappa shape index (κ1) is 13.1. The molecule has 3 rings (SSSR count). The largest absolute Gasteiger partial charge is 0.354 e. The van der Waals surface area contributed by atoms with Crippen molar-refractivity contribution in [3.05, 3.63) is 34.3 Å². The van der Waals surface area contributed by atoms with Crippen LogP contribution in [0.25, 0.3) is 0 Å². The van der Waals surface area contributed by atoms with Crippen LogP contribution in [-0.2, 0) is 10.2 Å². The van der Waals surface area contributed by atoms with Crippen molar-refractivity contribution in [2.45, 2.75) is 37.1 Å². The van der Waals surface area contributed by atoms with Gasteiger partial charge in [0.1, 0.15) is 0 Å². The fourth-order valence-corrected chi connectivity index (χ4v) is 2.88. The van der Waals surface area contributed by atoms with Crippen molar-refractivity contribution in [1.29, 1.82) is 0 Å². The molecule has 0 aliphatic heterocycles. The molecule has 0 bridgehead atoms. The van der Waals surface area contributed by atoms with Crippen molar-refractivity contribution >= 4 is 21.8 Å². The molecule has 1 aromatic carbocycles. The number of carbonyl (C=O) groups excluding carboxylic acids is 1. The van der Waals surface area contributed by atoms with Crippen molar-refractivity contribution < 1.29 is 4.79 Å². The Kier molecular flexibility index (Phi) is 3.39. The molecular weight excluding hydrogens is 304 g/mol. The minimum Gasteiger partial charge on any atom is -0.354 e. The predicted molar refractivity (Wildman–Crippen MR) is 78.8 cm³/mol. The van der Waals surface area contributed by atoms with Gasteiger partial charge in [0.05, 0.1) is 5.41 Å². The van der Waals surface area contributed by atoms with E-state index in [1.165, 1.54) is 12.8 Å². The van der Waals surface area contributed by atoms with Crippen LogP contribution in [-0.4, -0.2) is 18.5 Å². The first-order chi connectivity index (χ1) is 9.12. The van der Waals surface area contributed by atoms with Crippen molar-refractivity contribution in [3.8, 4) is 0 Å². The van der Waals surface area contributed by atoms with Gasteiger partial charge in [-0.1, -0.05) is 28.1 Å². The molecule has 1 unspecified atom stereocenters. The van der Waals surface area contributed by atoms with Crippen LogP contribution >= 0.6 is 15.9 Å². The number of halogens is 1. The van der Waals surface area contributed by atoms with Crippen molar-refractivity contribution in [2.75, 3.05) is 6.54 Å². The Hall–Kier alpha value is -0.870. The van der Waals surface area contributed by atoms with Gasteiger partial charge in [0, 0.05) is 17.1 Å². The van der Waals surface area contributed by atoms with Crippen LogP contribution in [0, 0.1) is 5.92 Å². The highest BCUT2D eigenvalue weighted by Crippen LogP contribution is 2.48. The van der Waals surface area contributed by atoms with E-state index in [1.54, 1.807) is 0 Å². The van der Waals surface area contributed by atoms with E-state index in [4.69, 9.17) is 5.73 Å². The second-order valence-electron chi connectivity index (χ2n) is 5.80. The van der Waals surface area contributed by atoms with Crippen LogP contribution in [0.1, 0.15) is 31.2 Å². The average molecular weight is 323 g/mol. The molecule has 0 radical (unpaired) electrons. The molecule has 1 aromatic rings. The average Bonchev–Trinajstić information content (AvgIpc) is 3.29. The topological polar surface area (TPSA) is 55.1 Å². The number of nitrogens with two attached hydrogens (primary N) is 1. The first-order valence-electron chi connectivity index (χ1n) is 6.92. The van der Waals surface area contributed by atoms with E-state index >= 15 is 0 Å². The summed E-state index contributed by atoms with van der Waals surface area (Å²) in [6, 6.07) is 8.20. The highest BCUT2D eigenvalue weighted by molar-refractivity contribution is 9.10. The number of hydrogen-bond donors (Lipinski definition) is 2. The Morgan fingerprint density at radius 3 is 2.53 bits per heavy atom. The molecule has 102 valence electrons. The zero-order valence-electron chi connectivity index (χ0n) is 10.9. The highest BCUT2D eigenvalue weighted by atomic mass is 79.9. The molecule has 2 fully saturated rings. The number of benzene rings is 1. The number of nitrogens with one attached hydrogen (secondary N) is 1. The summed E-state index contributed by atoms with van der Waals surface area (Å²) in [4.78, 5) is 12.4. The quantitative estimate of drug-likeness (QED) is 0.874. The summed E-state index contributed by atoms with van der Waals surface area (Å²) >= 11 is 3.43. The maximum absolute atomic E-state index is 12.4. The maximum atomic E-state index is 12.4. The maximum Gasteiger partial charge on any atom is 0.230 e. The fourth-order valence-electron chi connectivity index (χ4n) is 2.61. The van der Waals surface area contributed by atoms with E-state index in [-0.39, 0.29) is 17.4 Å². The third-order valence-corrected chi connectivity index (χ3v) is 4.84. The monoisotopic (exact) mass is 322 g/mol. The van der Waals surface area contributed by atoms with Gasteiger partial charge in [-0.3, -0.25) is 4.79 Å². The molecule has 4 heteroatoms. The summed E-state index contributed by atoms with van der Waals surface area (Å²) in [5.41, 5.74) is 6.86. The van der Waals surface area contributed by atoms with Gasteiger partial charge in [0.2, 0.25) is 5.91 Å². The van der Waals surface area contributed by atoms with Gasteiger partial charge >= 0.3 is 0 Å². The van der Waals surface area contributed by atoms with Gasteiger partial charge in [0.15, 0.2) is 0 Å². The normalized spacial score (nSPS) is 21.8. The molecule has 0 spiro atoms. The molecule has 1 amide bonds. The lowest BCUT2D eigenvalue weighted by Gasteiger charge is -2.18. The lowest BCUT2D eigenvalue weighted by Crippen LogP contribution is -2.43. The Morgan fingerprint density at radius 2 is 2.00 bits per heavy atom. The van der Waals surface area contributed by atoms with E-state index < -0.39 is 0 Å². The molecule has 1 atom stereocenters. The van der Waals surface area contributed by atoms with Crippen LogP contribution in [0.2, 0.25) is 0 Å². The zero-order chi connectivity index (χ0) is 13.5. The number of rotatable bonds is 5. The summed E-state index contributed by atoms with van der Waals surface area (Å²) < 4.78 is 1.04. The zero-order valence-corrected chi connectivity index (χ0v) is 12.4. The Morgan fingerprint density at radius 1 is 1.37 bits per heavy atom. The molecule has 0 saturated heterocycles. The van der Waals surface area contributed by atoms with Crippen LogP contribution in [0.4, 0.5) is 0 Å². The molecule has 3 nitrogen and oxygen atoms in total. The standard InChI is InChI=1S/C15H19BrN2O/c16-12-5-3-11(4-6-12)15(7-8-15)14(19)18-9-13(17)10-1-2-10/h3-6,10,13H,1-2,7-9,17H2,(H,18,19). The van der Waals surface area contributed by atoms with Crippen LogP contribution < -0.4 is 11.1 Å². The molecule has 2 saturated carbocycles. The van der Waals surface area contributed by atoms with Crippen molar-refractivity contribution in [1.82, 2.24) is 5.32 Å². The van der Waals surface area contributed by atoms with Gasteiger partial charge in [-0.05, 0) is 49.3 Å². The Labute approximate surface area is 122 Å². The second-order valence-corrected chi connectivity index (χ2v) is 6.72. The molecular formula is C15H19BrN2O. The number of amides is 1. The van der Waals surface area contributed by atoms with Gasteiger partial charge in [-0.25, -0.2) is 0 Å². The predicted octanol–water partition coefficient (Wildman–Crippen LogP) is 2.33. The van der Waals surface area contributed by atoms with E-state index in [1.807, 2.05) is 24.3 Å². The molecule has 3 N–H and O–H groups in total. The fraction of sp³-hybridized carbons (Fsp3) is 0.533. The molecule has 0 heterocycles. The van der Waals surface area contributed by atoms with Gasteiger partial charge in [0.25, 0.3) is 0 Å². The molecule has 2 aliphatic carbocycles. The summed E-state index contributed by atoms with van der Waals surface area (Å²) in [6.07, 6.45) is 4.32. The third kappa shape index (κ3) is 2.70. The third-order valence-electron chi connectivity index (χ3n) is 4.31. The van der Waals surface area contributed by atoms with E-state index in [0.717, 1.165) is 22.9 Å². The first-order valence-corrected chi connectivity index (χ1v) is 7.71. The summed E-state index contributed by atoms with van der Waals surface area (Å²) in [5, 5.41) is 3.04. The highest BCUT2D eigenvalue weighted by Gasteiger charge is 2.51. The van der Waals surface area contributed by atoms with Crippen LogP contribution in [0.5, 0.6) is 0 Å². The van der Waals surface area contributed by atoms with Crippen molar-refractivity contribution in [3.63, 3.8) is 0 Å². The summed E-state index contributed by atoms with van der Waals surface area (Å²) in [5.74, 6) is 0.772. The van der Waals surface area contributed by atoms with Gasteiger partial charge < -0.3 is 11.1 Å². The Balaban J connectivity index is 1.63. The molecule has 19 heavy (non-hydrogen) atoms. The molecule has 2 aliphatic rings. The smallest absolute Gasteiger partial charge is 0.230 e. The van der Waals surface area contributed by atoms with E-state index in [9.17, 15) is 4.79 Å². The van der Waals surface area contributed by atoms with E-state index in [0.29, 0.717) is 12.5 Å². The Bertz CT molecular complexity index is 477. The minimum atomic E-state index is -0.288. The minimum absolute atomic E-state index is 0.129. The van der Waals surface area contributed by atoms with Gasteiger partial charge in [-0.2, -0.15) is 0 Å². The lowest BCUT2D eigenvalue weighted by molar-refractivity contribution is -0.123. The second kappa shape index (κ2) is 4.91. The molecule has 0 aromatic heterocycles. The van der Waals surface area contributed by atoms with Crippen molar-refractivity contribution in [2.24, 2.45) is 11.7 Å². The summed E-state index contributed by atoms with van der Waals surface area (Å²) in [7, 11) is 0. The van der Waals surface area contributed by atoms with Crippen LogP contribution in [0.3, 0.4) is 0 Å². The lowest BCUT2D eigenvalue weighted by atomic mass is 9.95. The SMILES string of the molecule is NC(CNC(=O)C1(c2ccc(Br)cc2)CC1)C1CC1. The van der Waals surface area contributed by atoms with E-state index in [2.05, 4.69) is 21.2 Å². The number of carbonyl (C=O) groups is 1. The van der Waals surface area contributed by atoms with Gasteiger partial charge in [-0.15, -0.1) is 0 Å². The summed E-state index contributed by atoms with van der Waals surface area (Å²) in [6.45, 7) is 0.613.